The largest absolute Gasteiger partial charge is 0.574 e. The van der Waals surface area contributed by atoms with E-state index in [1.165, 1.54) is 13.1 Å². The Morgan fingerprint density at radius 1 is 1.11 bits per heavy atom. The van der Waals surface area contributed by atoms with E-state index in [2.05, 4.69) is 14.7 Å². The van der Waals surface area contributed by atoms with Crippen LogP contribution >= 0.6 is 0 Å². The molecular weight excluding hydrogens is 245 g/mol. The zero-order chi connectivity index (χ0) is 13.2. The summed E-state index contributed by atoms with van der Waals surface area (Å²) in [6.45, 7) is 1.45. The fourth-order valence-electron chi connectivity index (χ4n) is 1.37. The molecule has 0 aliphatic carbocycles. The molecule has 1 aromatic heterocycles. The van der Waals surface area contributed by atoms with Gasteiger partial charge in [-0.1, -0.05) is 30.3 Å². The lowest BCUT2D eigenvalue weighted by Gasteiger charge is -2.10. The molecule has 6 heteroatoms. The Hall–Kier alpha value is -2.11. The Kier molecular flexibility index (Phi) is 3.18. The molecule has 0 amide bonds. The fraction of sp³-hybridized carbons (Fsp3) is 0.167. The van der Waals surface area contributed by atoms with E-state index in [-0.39, 0.29) is 11.4 Å². The van der Waals surface area contributed by atoms with Gasteiger partial charge in [0.25, 0.3) is 0 Å². The molecule has 0 radical (unpaired) electrons. The van der Waals surface area contributed by atoms with Crippen LogP contribution in [0.1, 0.15) is 5.56 Å². The summed E-state index contributed by atoms with van der Waals surface area (Å²) >= 11 is 0. The van der Waals surface area contributed by atoms with Crippen LogP contribution in [0, 0.1) is 6.92 Å². The second kappa shape index (κ2) is 4.64. The lowest BCUT2D eigenvalue weighted by Crippen LogP contribution is -2.19. The first kappa shape index (κ1) is 12.3. The van der Waals surface area contributed by atoms with Crippen molar-refractivity contribution in [1.82, 2.24) is 9.97 Å². The standard InChI is InChI=1S/C12H9F3N2O/c1-8-7-16-10(9-5-3-2-4-6-9)17-11(8)18-12(13,14)15/h2-7H,1H3. The molecule has 0 N–H and O–H groups in total. The Labute approximate surface area is 101 Å². The van der Waals surface area contributed by atoms with E-state index in [0.717, 1.165) is 0 Å². The van der Waals surface area contributed by atoms with Gasteiger partial charge < -0.3 is 4.74 Å². The monoisotopic (exact) mass is 254 g/mol. The molecule has 1 heterocycles. The molecule has 0 spiro atoms. The van der Waals surface area contributed by atoms with Crippen molar-refractivity contribution in [2.75, 3.05) is 0 Å². The molecule has 2 rings (SSSR count). The van der Waals surface area contributed by atoms with Crippen LogP contribution in [0.25, 0.3) is 11.4 Å². The first-order valence-electron chi connectivity index (χ1n) is 5.10. The summed E-state index contributed by atoms with van der Waals surface area (Å²) in [6.07, 6.45) is -3.45. The van der Waals surface area contributed by atoms with Gasteiger partial charge in [-0.25, -0.2) is 4.98 Å². The van der Waals surface area contributed by atoms with E-state index in [1.807, 2.05) is 0 Å². The van der Waals surface area contributed by atoms with E-state index in [0.29, 0.717) is 5.56 Å². The summed E-state index contributed by atoms with van der Waals surface area (Å²) < 4.78 is 40.4. The molecule has 0 aliphatic rings. The van der Waals surface area contributed by atoms with Gasteiger partial charge in [0, 0.05) is 17.3 Å². The lowest BCUT2D eigenvalue weighted by atomic mass is 10.2. The Bertz CT molecular complexity index is 541. The van der Waals surface area contributed by atoms with Crippen molar-refractivity contribution in [3.8, 4) is 17.3 Å². The SMILES string of the molecule is Cc1cnc(-c2ccccc2)nc1OC(F)(F)F. The highest BCUT2D eigenvalue weighted by Gasteiger charge is 2.32. The fourth-order valence-corrected chi connectivity index (χ4v) is 1.37. The summed E-state index contributed by atoms with van der Waals surface area (Å²) in [5.41, 5.74) is 0.858. The summed E-state index contributed by atoms with van der Waals surface area (Å²) in [5.74, 6) is -0.281. The zero-order valence-corrected chi connectivity index (χ0v) is 9.40. The van der Waals surface area contributed by atoms with Crippen LogP contribution in [0.15, 0.2) is 36.5 Å². The van der Waals surface area contributed by atoms with Gasteiger partial charge in [0.05, 0.1) is 0 Å². The lowest BCUT2D eigenvalue weighted by molar-refractivity contribution is -0.276. The van der Waals surface area contributed by atoms with Gasteiger partial charge in [-0.05, 0) is 6.92 Å². The van der Waals surface area contributed by atoms with Crippen LogP contribution in [0.4, 0.5) is 13.2 Å². The highest BCUT2D eigenvalue weighted by molar-refractivity contribution is 5.55. The summed E-state index contributed by atoms with van der Waals surface area (Å²) in [5, 5.41) is 0. The summed E-state index contributed by atoms with van der Waals surface area (Å²) in [6, 6.07) is 8.72. The van der Waals surface area contributed by atoms with Crippen LogP contribution in [-0.4, -0.2) is 16.3 Å². The maximum atomic E-state index is 12.2. The van der Waals surface area contributed by atoms with Crippen molar-refractivity contribution in [2.24, 2.45) is 0 Å². The minimum Gasteiger partial charge on any atom is -0.387 e. The van der Waals surface area contributed by atoms with Crippen LogP contribution < -0.4 is 4.74 Å². The highest BCUT2D eigenvalue weighted by Crippen LogP contribution is 2.25. The van der Waals surface area contributed by atoms with Gasteiger partial charge in [0.1, 0.15) is 0 Å². The number of aryl methyl sites for hydroxylation is 1. The van der Waals surface area contributed by atoms with E-state index in [9.17, 15) is 13.2 Å². The van der Waals surface area contributed by atoms with Crippen LogP contribution in [0.3, 0.4) is 0 Å². The van der Waals surface area contributed by atoms with Crippen molar-refractivity contribution >= 4 is 0 Å². The molecule has 1 aromatic carbocycles. The molecule has 0 aliphatic heterocycles. The van der Waals surface area contributed by atoms with Crippen LogP contribution in [0.5, 0.6) is 5.88 Å². The number of nitrogens with zero attached hydrogens (tertiary/aromatic N) is 2. The normalized spacial score (nSPS) is 11.3. The van der Waals surface area contributed by atoms with Gasteiger partial charge in [0.2, 0.25) is 5.88 Å². The van der Waals surface area contributed by atoms with Crippen molar-refractivity contribution in [1.29, 1.82) is 0 Å². The van der Waals surface area contributed by atoms with Crippen LogP contribution in [0.2, 0.25) is 0 Å². The Morgan fingerprint density at radius 2 is 1.78 bits per heavy atom. The van der Waals surface area contributed by atoms with Gasteiger partial charge in [-0.2, -0.15) is 4.98 Å². The Morgan fingerprint density at radius 3 is 2.39 bits per heavy atom. The molecule has 94 valence electrons. The van der Waals surface area contributed by atoms with Crippen LogP contribution in [-0.2, 0) is 0 Å². The molecule has 0 unspecified atom stereocenters. The number of hydrogen-bond donors (Lipinski definition) is 0. The molecule has 0 atom stereocenters. The quantitative estimate of drug-likeness (QED) is 0.824. The maximum Gasteiger partial charge on any atom is 0.574 e. The van der Waals surface area contributed by atoms with Gasteiger partial charge in [-0.15, -0.1) is 13.2 Å². The van der Waals surface area contributed by atoms with Crippen molar-refractivity contribution < 1.29 is 17.9 Å². The van der Waals surface area contributed by atoms with E-state index >= 15 is 0 Å². The number of hydrogen-bond acceptors (Lipinski definition) is 3. The predicted molar refractivity (Wildman–Crippen MR) is 58.9 cm³/mol. The van der Waals surface area contributed by atoms with Gasteiger partial charge in [-0.3, -0.25) is 0 Å². The van der Waals surface area contributed by atoms with Gasteiger partial charge >= 0.3 is 6.36 Å². The average molecular weight is 254 g/mol. The van der Waals surface area contributed by atoms with Gasteiger partial charge in [0.15, 0.2) is 5.82 Å². The predicted octanol–water partition coefficient (Wildman–Crippen LogP) is 3.35. The highest BCUT2D eigenvalue weighted by atomic mass is 19.4. The molecule has 0 bridgehead atoms. The van der Waals surface area contributed by atoms with E-state index in [1.54, 1.807) is 30.3 Å². The van der Waals surface area contributed by atoms with E-state index < -0.39 is 12.2 Å². The van der Waals surface area contributed by atoms with Crippen molar-refractivity contribution in [3.63, 3.8) is 0 Å². The number of halogens is 3. The zero-order valence-electron chi connectivity index (χ0n) is 9.40. The second-order valence-corrected chi connectivity index (χ2v) is 3.60. The molecular formula is C12H9F3N2O. The third kappa shape index (κ3) is 2.97. The minimum atomic E-state index is -4.76. The minimum absolute atomic E-state index is 0.195. The third-order valence-corrected chi connectivity index (χ3v) is 2.17. The summed E-state index contributed by atoms with van der Waals surface area (Å²) in [7, 11) is 0. The number of alkyl halides is 3. The number of aromatic nitrogens is 2. The van der Waals surface area contributed by atoms with Crippen molar-refractivity contribution in [3.05, 3.63) is 42.1 Å². The summed E-state index contributed by atoms with van der Waals surface area (Å²) in [4.78, 5) is 7.76. The number of ether oxygens (including phenoxy) is 1. The maximum absolute atomic E-state index is 12.2. The third-order valence-electron chi connectivity index (χ3n) is 2.17. The first-order chi connectivity index (χ1) is 8.46. The molecule has 18 heavy (non-hydrogen) atoms. The first-order valence-corrected chi connectivity index (χ1v) is 5.10. The molecule has 3 nitrogen and oxygen atoms in total. The molecule has 2 aromatic rings. The van der Waals surface area contributed by atoms with E-state index in [4.69, 9.17) is 0 Å². The molecule has 0 fully saturated rings. The smallest absolute Gasteiger partial charge is 0.387 e. The average Bonchev–Trinajstić information content (AvgIpc) is 2.31. The molecule has 0 saturated carbocycles. The number of benzene rings is 1. The second-order valence-electron chi connectivity index (χ2n) is 3.60. The number of rotatable bonds is 2. The Balaban J connectivity index is 2.38. The van der Waals surface area contributed by atoms with Crippen molar-refractivity contribution in [2.45, 2.75) is 13.3 Å². The molecule has 0 saturated heterocycles. The topological polar surface area (TPSA) is 35.0 Å².